The Morgan fingerprint density at radius 3 is 2.25 bits per heavy atom. The Kier molecular flexibility index (Phi) is 4.84. The van der Waals surface area contributed by atoms with Crippen LogP contribution in [0.1, 0.15) is 43.7 Å². The van der Waals surface area contributed by atoms with E-state index in [2.05, 4.69) is 5.32 Å². The van der Waals surface area contributed by atoms with Crippen molar-refractivity contribution in [2.75, 3.05) is 24.3 Å². The molecule has 2 aliphatic rings. The van der Waals surface area contributed by atoms with Gasteiger partial charge in [-0.1, -0.05) is 43.2 Å². The number of benzene rings is 2. The van der Waals surface area contributed by atoms with Crippen LogP contribution in [0, 0.1) is 0 Å². The third-order valence-corrected chi connectivity index (χ3v) is 6.09. The van der Waals surface area contributed by atoms with E-state index >= 15 is 0 Å². The van der Waals surface area contributed by atoms with Crippen molar-refractivity contribution in [2.45, 2.75) is 43.7 Å². The molecule has 1 saturated carbocycles. The second-order valence-electron chi connectivity index (χ2n) is 8.03. The van der Waals surface area contributed by atoms with E-state index in [1.54, 1.807) is 0 Å². The number of carbonyl (C=O) groups excluding carboxylic acids is 2. The minimum atomic E-state index is -0.740. The minimum absolute atomic E-state index is 0.00586. The average molecular weight is 377 g/mol. The number of rotatable bonds is 5. The molecule has 146 valence electrons. The molecule has 0 aromatic heterocycles. The van der Waals surface area contributed by atoms with Crippen molar-refractivity contribution in [1.82, 2.24) is 4.90 Å². The summed E-state index contributed by atoms with van der Waals surface area (Å²) in [6.07, 6.45) is 3.88. The molecule has 5 heteroatoms. The van der Waals surface area contributed by atoms with Crippen molar-refractivity contribution in [1.29, 1.82) is 0 Å². The second-order valence-corrected chi connectivity index (χ2v) is 8.03. The highest BCUT2D eigenvalue weighted by molar-refractivity contribution is 6.02. The molecule has 1 N–H and O–H groups in total. The van der Waals surface area contributed by atoms with Crippen molar-refractivity contribution in [3.8, 4) is 0 Å². The van der Waals surface area contributed by atoms with Gasteiger partial charge in [-0.05, 0) is 42.7 Å². The highest BCUT2D eigenvalue weighted by Crippen LogP contribution is 2.47. The van der Waals surface area contributed by atoms with E-state index in [0.29, 0.717) is 6.42 Å². The van der Waals surface area contributed by atoms with Crippen LogP contribution >= 0.6 is 0 Å². The van der Waals surface area contributed by atoms with Gasteiger partial charge in [0.1, 0.15) is 5.54 Å². The zero-order chi connectivity index (χ0) is 19.7. The third kappa shape index (κ3) is 3.15. The van der Waals surface area contributed by atoms with Crippen molar-refractivity contribution in [3.63, 3.8) is 0 Å². The lowest BCUT2D eigenvalue weighted by Crippen LogP contribution is -2.64. The van der Waals surface area contributed by atoms with Gasteiger partial charge < -0.3 is 15.1 Å². The number of carbonyl (C=O) groups is 2. The first kappa shape index (κ1) is 18.5. The molecule has 2 amide bonds. The van der Waals surface area contributed by atoms with E-state index in [1.807, 2.05) is 78.5 Å². The smallest absolute Gasteiger partial charge is 0.250 e. The monoisotopic (exact) mass is 377 g/mol. The summed E-state index contributed by atoms with van der Waals surface area (Å²) >= 11 is 0. The van der Waals surface area contributed by atoms with Crippen LogP contribution in [0.5, 0.6) is 0 Å². The Balaban J connectivity index is 1.58. The van der Waals surface area contributed by atoms with Gasteiger partial charge in [0.2, 0.25) is 11.8 Å². The molecule has 1 atom stereocenters. The van der Waals surface area contributed by atoms with E-state index in [0.717, 1.165) is 42.6 Å². The second kappa shape index (κ2) is 7.30. The molecule has 1 saturated heterocycles. The van der Waals surface area contributed by atoms with Crippen LogP contribution in [0.3, 0.4) is 0 Å². The molecule has 1 heterocycles. The van der Waals surface area contributed by atoms with Crippen LogP contribution in [-0.2, 0) is 9.59 Å². The van der Waals surface area contributed by atoms with Gasteiger partial charge >= 0.3 is 0 Å². The van der Waals surface area contributed by atoms with Gasteiger partial charge in [-0.15, -0.1) is 0 Å². The van der Waals surface area contributed by atoms with Gasteiger partial charge in [0, 0.05) is 25.5 Å². The molecule has 2 fully saturated rings. The van der Waals surface area contributed by atoms with Crippen LogP contribution < -0.4 is 10.2 Å². The molecule has 2 aromatic rings. The minimum Gasteiger partial charge on any atom is -0.378 e. The normalized spacial score (nSPS) is 20.6. The fraction of sp³-hybridized carbons (Fsp3) is 0.391. The summed E-state index contributed by atoms with van der Waals surface area (Å²) in [6, 6.07) is 17.9. The Bertz CT molecular complexity index is 855. The van der Waals surface area contributed by atoms with Gasteiger partial charge in [-0.25, -0.2) is 0 Å². The molecule has 1 aliphatic heterocycles. The van der Waals surface area contributed by atoms with Crippen molar-refractivity contribution in [3.05, 3.63) is 60.2 Å². The van der Waals surface area contributed by atoms with Gasteiger partial charge in [0.05, 0.1) is 12.5 Å². The van der Waals surface area contributed by atoms with Crippen LogP contribution in [0.2, 0.25) is 0 Å². The lowest BCUT2D eigenvalue weighted by atomic mass is 9.83. The SMILES string of the molecule is CN(C)c1ccc(NC(=O)C2(N3C(=O)CC3c3ccccc3)CCCC2)cc1. The fourth-order valence-electron chi connectivity index (χ4n) is 4.52. The van der Waals surface area contributed by atoms with E-state index in [9.17, 15) is 9.59 Å². The lowest BCUT2D eigenvalue weighted by molar-refractivity contribution is -0.163. The molecule has 4 rings (SSSR count). The quantitative estimate of drug-likeness (QED) is 0.802. The summed E-state index contributed by atoms with van der Waals surface area (Å²) in [7, 11) is 3.97. The fourth-order valence-corrected chi connectivity index (χ4v) is 4.52. The molecule has 5 nitrogen and oxygen atoms in total. The van der Waals surface area contributed by atoms with E-state index in [-0.39, 0.29) is 17.9 Å². The van der Waals surface area contributed by atoms with Crippen molar-refractivity contribution < 1.29 is 9.59 Å². The first-order valence-corrected chi connectivity index (χ1v) is 9.97. The van der Waals surface area contributed by atoms with Gasteiger partial charge in [0.25, 0.3) is 0 Å². The molecule has 0 bridgehead atoms. The van der Waals surface area contributed by atoms with Gasteiger partial charge in [0.15, 0.2) is 0 Å². The predicted molar refractivity (Wildman–Crippen MR) is 111 cm³/mol. The number of hydrogen-bond acceptors (Lipinski definition) is 3. The average Bonchev–Trinajstić information content (AvgIpc) is 3.17. The maximum absolute atomic E-state index is 13.4. The predicted octanol–water partition coefficient (Wildman–Crippen LogP) is 3.98. The molecule has 2 aromatic carbocycles. The third-order valence-electron chi connectivity index (χ3n) is 6.09. The summed E-state index contributed by atoms with van der Waals surface area (Å²) < 4.78 is 0. The number of likely N-dealkylation sites (tertiary alicyclic amines) is 1. The van der Waals surface area contributed by atoms with Crippen molar-refractivity contribution >= 4 is 23.2 Å². The van der Waals surface area contributed by atoms with E-state index in [1.165, 1.54) is 0 Å². The van der Waals surface area contributed by atoms with Crippen LogP contribution in [-0.4, -0.2) is 36.3 Å². The topological polar surface area (TPSA) is 52.7 Å². The molecule has 28 heavy (non-hydrogen) atoms. The Morgan fingerprint density at radius 1 is 1.04 bits per heavy atom. The standard InChI is InChI=1S/C23H27N3O2/c1-25(2)19-12-10-18(11-13-19)24-22(28)23(14-6-7-15-23)26-20(16-21(26)27)17-8-4-3-5-9-17/h3-5,8-13,20H,6-7,14-16H2,1-2H3,(H,24,28). The maximum Gasteiger partial charge on any atom is 0.250 e. The first-order valence-electron chi connectivity index (χ1n) is 9.97. The number of anilines is 2. The highest BCUT2D eigenvalue weighted by Gasteiger charge is 2.55. The number of amides is 2. The summed E-state index contributed by atoms with van der Waals surface area (Å²) in [5.74, 6) is 0.0189. The molecule has 1 unspecified atom stereocenters. The summed E-state index contributed by atoms with van der Waals surface area (Å²) in [4.78, 5) is 29.9. The van der Waals surface area contributed by atoms with Crippen molar-refractivity contribution in [2.24, 2.45) is 0 Å². The van der Waals surface area contributed by atoms with Gasteiger partial charge in [-0.3, -0.25) is 9.59 Å². The Labute approximate surface area is 166 Å². The lowest BCUT2D eigenvalue weighted by Gasteiger charge is -2.51. The zero-order valence-corrected chi connectivity index (χ0v) is 16.5. The Hall–Kier alpha value is -2.82. The molecule has 1 aliphatic carbocycles. The van der Waals surface area contributed by atoms with E-state index in [4.69, 9.17) is 0 Å². The molecule has 0 spiro atoms. The van der Waals surface area contributed by atoms with E-state index < -0.39 is 5.54 Å². The largest absolute Gasteiger partial charge is 0.378 e. The molecular formula is C23H27N3O2. The zero-order valence-electron chi connectivity index (χ0n) is 16.5. The number of β-lactam (4-membered cyclic amide) rings is 1. The van der Waals surface area contributed by atoms with Crippen LogP contribution in [0.4, 0.5) is 11.4 Å². The number of hydrogen-bond donors (Lipinski definition) is 1. The van der Waals surface area contributed by atoms with Crippen LogP contribution in [0.25, 0.3) is 0 Å². The Morgan fingerprint density at radius 2 is 1.68 bits per heavy atom. The molecule has 0 radical (unpaired) electrons. The number of nitrogens with one attached hydrogen (secondary N) is 1. The summed E-state index contributed by atoms with van der Waals surface area (Å²) in [5, 5.41) is 3.08. The number of nitrogens with zero attached hydrogens (tertiary/aromatic N) is 2. The molecular weight excluding hydrogens is 350 g/mol. The maximum atomic E-state index is 13.4. The first-order chi connectivity index (χ1) is 13.5. The van der Waals surface area contributed by atoms with Crippen LogP contribution in [0.15, 0.2) is 54.6 Å². The summed E-state index contributed by atoms with van der Waals surface area (Å²) in [5.41, 5.74) is 2.22. The highest BCUT2D eigenvalue weighted by atomic mass is 16.2. The van der Waals surface area contributed by atoms with Gasteiger partial charge in [-0.2, -0.15) is 0 Å². The summed E-state index contributed by atoms with van der Waals surface area (Å²) in [6.45, 7) is 0.